The van der Waals surface area contributed by atoms with Crippen molar-refractivity contribution in [3.8, 4) is 0 Å². The zero-order valence-corrected chi connectivity index (χ0v) is 8.86. The van der Waals surface area contributed by atoms with Crippen LogP contribution in [0.1, 0.15) is 20.3 Å². The highest BCUT2D eigenvalue weighted by molar-refractivity contribution is 5.49. The molecule has 0 radical (unpaired) electrons. The summed E-state index contributed by atoms with van der Waals surface area (Å²) in [7, 11) is 1.97. The number of aldehydes is 1. The zero-order chi connectivity index (χ0) is 10.3. The first-order valence-electron chi connectivity index (χ1n) is 4.84. The fourth-order valence-corrected chi connectivity index (χ4v) is 1.34. The van der Waals surface area contributed by atoms with E-state index in [1.807, 2.05) is 7.05 Å². The molecule has 3 nitrogen and oxygen atoms in total. The Hall–Kier alpha value is -0.410. The Morgan fingerprint density at radius 1 is 1.46 bits per heavy atom. The highest BCUT2D eigenvalue weighted by Gasteiger charge is 2.14. The van der Waals surface area contributed by atoms with Gasteiger partial charge in [-0.1, -0.05) is 13.8 Å². The van der Waals surface area contributed by atoms with E-state index in [1.54, 1.807) is 0 Å². The highest BCUT2D eigenvalue weighted by Crippen LogP contribution is 2.14. The molecule has 0 aliphatic rings. The standard InChI is InChI=1S/C10H21NO2/c1-9(2)10(4-6-12)8-11(3)5-7-13/h6,9-10,13H,4-5,7-8H2,1-3H3. The van der Waals surface area contributed by atoms with Crippen molar-refractivity contribution in [3.05, 3.63) is 0 Å². The number of carbonyl (C=O) groups excluding carboxylic acids is 1. The predicted molar refractivity (Wildman–Crippen MR) is 53.6 cm³/mol. The van der Waals surface area contributed by atoms with Gasteiger partial charge in [0.25, 0.3) is 0 Å². The van der Waals surface area contributed by atoms with Gasteiger partial charge in [0.1, 0.15) is 6.29 Å². The monoisotopic (exact) mass is 187 g/mol. The van der Waals surface area contributed by atoms with Crippen LogP contribution in [0, 0.1) is 11.8 Å². The fraction of sp³-hybridized carbons (Fsp3) is 0.900. The molecule has 13 heavy (non-hydrogen) atoms. The van der Waals surface area contributed by atoms with Crippen molar-refractivity contribution in [2.24, 2.45) is 11.8 Å². The van der Waals surface area contributed by atoms with E-state index in [9.17, 15) is 4.79 Å². The molecule has 0 bridgehead atoms. The number of carbonyl (C=O) groups is 1. The zero-order valence-electron chi connectivity index (χ0n) is 8.86. The van der Waals surface area contributed by atoms with E-state index in [0.29, 0.717) is 24.8 Å². The number of rotatable bonds is 7. The van der Waals surface area contributed by atoms with Crippen molar-refractivity contribution in [3.63, 3.8) is 0 Å². The molecule has 0 aromatic rings. The summed E-state index contributed by atoms with van der Waals surface area (Å²) in [4.78, 5) is 12.5. The summed E-state index contributed by atoms with van der Waals surface area (Å²) in [5, 5.41) is 8.71. The molecule has 1 unspecified atom stereocenters. The maximum atomic E-state index is 10.4. The van der Waals surface area contributed by atoms with Crippen molar-refractivity contribution in [2.45, 2.75) is 20.3 Å². The molecule has 0 amide bonds. The second-order valence-corrected chi connectivity index (χ2v) is 3.89. The van der Waals surface area contributed by atoms with Crippen LogP contribution >= 0.6 is 0 Å². The Bertz CT molecular complexity index is 137. The molecule has 0 fully saturated rings. The van der Waals surface area contributed by atoms with Crippen LogP contribution in [0.4, 0.5) is 0 Å². The highest BCUT2D eigenvalue weighted by atomic mass is 16.3. The third-order valence-corrected chi connectivity index (χ3v) is 2.37. The van der Waals surface area contributed by atoms with Gasteiger partial charge in [-0.3, -0.25) is 0 Å². The Morgan fingerprint density at radius 3 is 2.46 bits per heavy atom. The van der Waals surface area contributed by atoms with Crippen molar-refractivity contribution in [1.82, 2.24) is 4.90 Å². The van der Waals surface area contributed by atoms with E-state index < -0.39 is 0 Å². The van der Waals surface area contributed by atoms with Gasteiger partial charge in [0.15, 0.2) is 0 Å². The van der Waals surface area contributed by atoms with E-state index in [0.717, 1.165) is 12.8 Å². The smallest absolute Gasteiger partial charge is 0.120 e. The molecule has 0 saturated heterocycles. The second kappa shape index (κ2) is 7.04. The summed E-state index contributed by atoms with van der Waals surface area (Å²) in [5.41, 5.74) is 0. The SMILES string of the molecule is CC(C)C(CC=O)CN(C)CCO. The summed E-state index contributed by atoms with van der Waals surface area (Å²) >= 11 is 0. The van der Waals surface area contributed by atoms with Gasteiger partial charge in [-0.05, 0) is 18.9 Å². The molecule has 3 heteroatoms. The van der Waals surface area contributed by atoms with Gasteiger partial charge in [0.2, 0.25) is 0 Å². The van der Waals surface area contributed by atoms with Crippen molar-refractivity contribution in [2.75, 3.05) is 26.7 Å². The Balaban J connectivity index is 3.85. The summed E-state index contributed by atoms with van der Waals surface area (Å²) in [6.45, 7) is 6.00. The van der Waals surface area contributed by atoms with E-state index in [4.69, 9.17) is 5.11 Å². The topological polar surface area (TPSA) is 40.5 Å². The normalized spacial score (nSPS) is 13.7. The van der Waals surface area contributed by atoms with Crippen LogP contribution in [-0.4, -0.2) is 43.0 Å². The molecule has 0 spiro atoms. The minimum Gasteiger partial charge on any atom is -0.395 e. The molecule has 1 atom stereocenters. The van der Waals surface area contributed by atoms with E-state index >= 15 is 0 Å². The number of hydrogen-bond acceptors (Lipinski definition) is 3. The minimum atomic E-state index is 0.183. The van der Waals surface area contributed by atoms with Crippen molar-refractivity contribution in [1.29, 1.82) is 0 Å². The van der Waals surface area contributed by atoms with Crippen molar-refractivity contribution >= 4 is 6.29 Å². The number of aliphatic hydroxyl groups excluding tert-OH is 1. The molecule has 1 N–H and O–H groups in total. The lowest BCUT2D eigenvalue weighted by Crippen LogP contribution is -2.30. The first kappa shape index (κ1) is 12.6. The summed E-state index contributed by atoms with van der Waals surface area (Å²) in [6, 6.07) is 0. The summed E-state index contributed by atoms with van der Waals surface area (Å²) in [6.07, 6.45) is 1.60. The van der Waals surface area contributed by atoms with Gasteiger partial charge >= 0.3 is 0 Å². The maximum Gasteiger partial charge on any atom is 0.120 e. The van der Waals surface area contributed by atoms with Gasteiger partial charge in [0.05, 0.1) is 6.61 Å². The van der Waals surface area contributed by atoms with Gasteiger partial charge in [0, 0.05) is 19.5 Å². The van der Waals surface area contributed by atoms with E-state index in [1.165, 1.54) is 0 Å². The first-order valence-corrected chi connectivity index (χ1v) is 4.84. The summed E-state index contributed by atoms with van der Waals surface area (Å²) in [5.74, 6) is 0.931. The Kier molecular flexibility index (Phi) is 6.82. The average molecular weight is 187 g/mol. The minimum absolute atomic E-state index is 0.183. The number of aliphatic hydroxyl groups is 1. The maximum absolute atomic E-state index is 10.4. The third kappa shape index (κ3) is 5.77. The molecule has 0 aromatic carbocycles. The molecule has 0 saturated carbocycles. The lowest BCUT2D eigenvalue weighted by molar-refractivity contribution is -0.109. The van der Waals surface area contributed by atoms with Crippen LogP contribution < -0.4 is 0 Å². The van der Waals surface area contributed by atoms with Crippen LogP contribution in [0.3, 0.4) is 0 Å². The fourth-order valence-electron chi connectivity index (χ4n) is 1.34. The number of likely N-dealkylation sites (N-methyl/N-ethyl adjacent to an activating group) is 1. The van der Waals surface area contributed by atoms with E-state index in [-0.39, 0.29) is 6.61 Å². The van der Waals surface area contributed by atoms with Crippen LogP contribution in [-0.2, 0) is 4.79 Å². The van der Waals surface area contributed by atoms with E-state index in [2.05, 4.69) is 18.7 Å². The lowest BCUT2D eigenvalue weighted by atomic mass is 9.93. The first-order chi connectivity index (χ1) is 6.11. The van der Waals surface area contributed by atoms with Crippen LogP contribution in [0.15, 0.2) is 0 Å². The van der Waals surface area contributed by atoms with Crippen molar-refractivity contribution < 1.29 is 9.90 Å². The number of hydrogen-bond donors (Lipinski definition) is 1. The molecule has 0 aromatic heterocycles. The Morgan fingerprint density at radius 2 is 2.08 bits per heavy atom. The third-order valence-electron chi connectivity index (χ3n) is 2.37. The molecular formula is C10H21NO2. The van der Waals surface area contributed by atoms with Gasteiger partial charge in [-0.15, -0.1) is 0 Å². The molecule has 0 aliphatic heterocycles. The quantitative estimate of drug-likeness (QED) is 0.599. The van der Waals surface area contributed by atoms with Gasteiger partial charge < -0.3 is 14.8 Å². The lowest BCUT2D eigenvalue weighted by Gasteiger charge is -2.24. The van der Waals surface area contributed by atoms with Crippen LogP contribution in [0.25, 0.3) is 0 Å². The van der Waals surface area contributed by atoms with Crippen LogP contribution in [0.2, 0.25) is 0 Å². The molecule has 0 heterocycles. The molecule has 78 valence electrons. The largest absolute Gasteiger partial charge is 0.395 e. The predicted octanol–water partition coefficient (Wildman–Crippen LogP) is 0.772. The molecule has 0 rings (SSSR count). The molecular weight excluding hydrogens is 166 g/mol. The summed E-state index contributed by atoms with van der Waals surface area (Å²) < 4.78 is 0. The van der Waals surface area contributed by atoms with Gasteiger partial charge in [-0.25, -0.2) is 0 Å². The second-order valence-electron chi connectivity index (χ2n) is 3.89. The van der Waals surface area contributed by atoms with Crippen LogP contribution in [0.5, 0.6) is 0 Å². The average Bonchev–Trinajstić information content (AvgIpc) is 2.04. The Labute approximate surface area is 80.7 Å². The molecule has 0 aliphatic carbocycles. The number of nitrogens with zero attached hydrogens (tertiary/aromatic N) is 1. The van der Waals surface area contributed by atoms with Gasteiger partial charge in [-0.2, -0.15) is 0 Å².